The van der Waals surface area contributed by atoms with Crippen LogP contribution in [0.5, 0.6) is 5.75 Å². The molecule has 0 bridgehead atoms. The number of ether oxygens (including phenoxy) is 1. The van der Waals surface area contributed by atoms with Gasteiger partial charge in [-0.3, -0.25) is 9.78 Å². The largest absolute Gasteiger partial charge is 0.497 e. The van der Waals surface area contributed by atoms with E-state index >= 15 is 0 Å². The highest BCUT2D eigenvalue weighted by Gasteiger charge is 2.29. The van der Waals surface area contributed by atoms with Crippen molar-refractivity contribution in [2.45, 2.75) is 40.0 Å². The number of nitrogens with zero attached hydrogens (tertiary/aromatic N) is 2. The molecule has 1 saturated heterocycles. The van der Waals surface area contributed by atoms with Gasteiger partial charge in [-0.2, -0.15) is 0 Å². The SMILES string of the molecule is COc1ccc(-c2cnc(C)c(CC(=O)O)c2N2CCC(C)(C)CC2)cc1. The number of hydrogen-bond donors (Lipinski definition) is 1. The van der Waals surface area contributed by atoms with Crippen LogP contribution < -0.4 is 9.64 Å². The molecule has 0 saturated carbocycles. The van der Waals surface area contributed by atoms with Gasteiger partial charge in [0, 0.05) is 36.1 Å². The molecule has 1 aliphatic rings. The van der Waals surface area contributed by atoms with Gasteiger partial charge in [-0.05, 0) is 42.9 Å². The second-order valence-corrected chi connectivity index (χ2v) is 8.03. The Morgan fingerprint density at radius 1 is 1.22 bits per heavy atom. The highest BCUT2D eigenvalue weighted by molar-refractivity contribution is 5.84. The number of pyridine rings is 1. The van der Waals surface area contributed by atoms with E-state index in [1.807, 2.05) is 37.4 Å². The van der Waals surface area contributed by atoms with E-state index in [2.05, 4.69) is 23.7 Å². The van der Waals surface area contributed by atoms with E-state index in [1.165, 1.54) is 0 Å². The summed E-state index contributed by atoms with van der Waals surface area (Å²) in [4.78, 5) is 18.4. The van der Waals surface area contributed by atoms with Crippen LogP contribution in [-0.4, -0.2) is 36.3 Å². The highest BCUT2D eigenvalue weighted by Crippen LogP contribution is 2.40. The molecule has 5 nitrogen and oxygen atoms in total. The average molecular weight is 368 g/mol. The average Bonchev–Trinajstić information content (AvgIpc) is 2.63. The molecule has 0 aliphatic carbocycles. The fourth-order valence-electron chi connectivity index (χ4n) is 3.68. The van der Waals surface area contributed by atoms with Crippen molar-refractivity contribution in [1.29, 1.82) is 0 Å². The standard InChI is InChI=1S/C22H28N2O3/c1-15-18(13-20(25)26)21(24-11-9-22(2,3)10-12-24)19(14-23-15)16-5-7-17(27-4)8-6-16/h5-8,14H,9-13H2,1-4H3,(H,25,26). The van der Waals surface area contributed by atoms with E-state index in [-0.39, 0.29) is 6.42 Å². The smallest absolute Gasteiger partial charge is 0.307 e. The maximum atomic E-state index is 11.5. The number of carboxylic acid groups (broad SMARTS) is 1. The minimum absolute atomic E-state index is 0.0158. The number of hydrogen-bond acceptors (Lipinski definition) is 4. The minimum atomic E-state index is -0.828. The Bertz CT molecular complexity index is 818. The molecular weight excluding hydrogens is 340 g/mol. The van der Waals surface area contributed by atoms with Gasteiger partial charge in [0.25, 0.3) is 0 Å². The number of rotatable bonds is 5. The van der Waals surface area contributed by atoms with Crippen molar-refractivity contribution in [2.75, 3.05) is 25.1 Å². The number of carboxylic acids is 1. The molecule has 0 spiro atoms. The van der Waals surface area contributed by atoms with E-state index in [1.54, 1.807) is 7.11 Å². The summed E-state index contributed by atoms with van der Waals surface area (Å²) in [6.07, 6.45) is 4.03. The van der Waals surface area contributed by atoms with Crippen LogP contribution in [0.4, 0.5) is 5.69 Å². The number of methoxy groups -OCH3 is 1. The summed E-state index contributed by atoms with van der Waals surface area (Å²) in [5.41, 5.74) is 4.95. The van der Waals surface area contributed by atoms with Crippen LogP contribution in [0.1, 0.15) is 37.9 Å². The minimum Gasteiger partial charge on any atom is -0.497 e. The number of piperidine rings is 1. The zero-order valence-corrected chi connectivity index (χ0v) is 16.6. The molecule has 0 unspecified atom stereocenters. The molecule has 3 rings (SSSR count). The second-order valence-electron chi connectivity index (χ2n) is 8.03. The van der Waals surface area contributed by atoms with Gasteiger partial charge in [-0.1, -0.05) is 26.0 Å². The Balaban J connectivity index is 2.10. The van der Waals surface area contributed by atoms with Crippen molar-refractivity contribution in [2.24, 2.45) is 5.41 Å². The van der Waals surface area contributed by atoms with Crippen LogP contribution in [0.25, 0.3) is 11.1 Å². The predicted molar refractivity (Wildman–Crippen MR) is 108 cm³/mol. The first-order chi connectivity index (χ1) is 12.8. The highest BCUT2D eigenvalue weighted by atomic mass is 16.5. The first-order valence-electron chi connectivity index (χ1n) is 9.40. The lowest BCUT2D eigenvalue weighted by molar-refractivity contribution is -0.136. The zero-order valence-electron chi connectivity index (χ0n) is 16.6. The first kappa shape index (κ1) is 19.2. The molecule has 0 atom stereocenters. The van der Waals surface area contributed by atoms with Crippen LogP contribution in [0.3, 0.4) is 0 Å². The number of aryl methyl sites for hydroxylation is 1. The van der Waals surface area contributed by atoms with Gasteiger partial charge >= 0.3 is 5.97 Å². The normalized spacial score (nSPS) is 16.2. The Labute approximate surface area is 161 Å². The summed E-state index contributed by atoms with van der Waals surface area (Å²) in [7, 11) is 1.65. The van der Waals surface area contributed by atoms with Gasteiger partial charge in [-0.15, -0.1) is 0 Å². The summed E-state index contributed by atoms with van der Waals surface area (Å²) in [6.45, 7) is 8.33. The molecule has 2 aromatic rings. The van der Waals surface area contributed by atoms with Crippen LogP contribution in [0, 0.1) is 12.3 Å². The molecule has 1 aromatic heterocycles. The van der Waals surface area contributed by atoms with Crippen molar-refractivity contribution in [3.8, 4) is 16.9 Å². The summed E-state index contributed by atoms with van der Waals surface area (Å²) < 4.78 is 5.27. The first-order valence-corrected chi connectivity index (χ1v) is 9.40. The maximum Gasteiger partial charge on any atom is 0.307 e. The predicted octanol–water partition coefficient (Wildman–Crippen LogP) is 4.32. The van der Waals surface area contributed by atoms with Crippen LogP contribution in [-0.2, 0) is 11.2 Å². The Hall–Kier alpha value is -2.56. The van der Waals surface area contributed by atoms with E-state index in [0.29, 0.717) is 5.41 Å². The van der Waals surface area contributed by atoms with Crippen LogP contribution in [0.2, 0.25) is 0 Å². The van der Waals surface area contributed by atoms with Crippen molar-refractivity contribution in [1.82, 2.24) is 4.98 Å². The molecule has 2 heterocycles. The lowest BCUT2D eigenvalue weighted by atomic mass is 9.82. The topological polar surface area (TPSA) is 62.7 Å². The van der Waals surface area contributed by atoms with Crippen molar-refractivity contribution in [3.05, 3.63) is 41.7 Å². The quantitative estimate of drug-likeness (QED) is 0.852. The lowest BCUT2D eigenvalue weighted by Gasteiger charge is -2.40. The summed E-state index contributed by atoms with van der Waals surface area (Å²) in [6, 6.07) is 7.87. The van der Waals surface area contributed by atoms with Crippen molar-refractivity contribution >= 4 is 11.7 Å². The van der Waals surface area contributed by atoms with Gasteiger partial charge < -0.3 is 14.7 Å². The summed E-state index contributed by atoms with van der Waals surface area (Å²) in [5.74, 6) is -0.0313. The van der Waals surface area contributed by atoms with E-state index in [9.17, 15) is 9.90 Å². The van der Waals surface area contributed by atoms with Gasteiger partial charge in [0.05, 0.1) is 19.2 Å². The summed E-state index contributed by atoms with van der Waals surface area (Å²) in [5, 5.41) is 9.46. The summed E-state index contributed by atoms with van der Waals surface area (Å²) >= 11 is 0. The molecule has 27 heavy (non-hydrogen) atoms. The third kappa shape index (κ3) is 4.24. The van der Waals surface area contributed by atoms with Gasteiger partial charge in [0.2, 0.25) is 0 Å². The van der Waals surface area contributed by atoms with E-state index < -0.39 is 5.97 Å². The monoisotopic (exact) mass is 368 g/mol. The number of aromatic nitrogens is 1. The zero-order chi connectivity index (χ0) is 19.6. The third-order valence-corrected chi connectivity index (χ3v) is 5.53. The Morgan fingerprint density at radius 3 is 2.41 bits per heavy atom. The number of aliphatic carboxylic acids is 1. The molecule has 0 radical (unpaired) electrons. The van der Waals surface area contributed by atoms with E-state index in [0.717, 1.165) is 59.8 Å². The number of carbonyl (C=O) groups is 1. The van der Waals surface area contributed by atoms with Gasteiger partial charge in [-0.25, -0.2) is 0 Å². The number of benzene rings is 1. The molecule has 5 heteroatoms. The van der Waals surface area contributed by atoms with E-state index in [4.69, 9.17) is 4.74 Å². The third-order valence-electron chi connectivity index (χ3n) is 5.53. The van der Waals surface area contributed by atoms with Crippen molar-refractivity contribution < 1.29 is 14.6 Å². The maximum absolute atomic E-state index is 11.5. The lowest BCUT2D eigenvalue weighted by Crippen LogP contribution is -2.38. The molecule has 1 fully saturated rings. The van der Waals surface area contributed by atoms with Crippen LogP contribution in [0.15, 0.2) is 30.5 Å². The fraction of sp³-hybridized carbons (Fsp3) is 0.455. The molecule has 1 N–H and O–H groups in total. The number of anilines is 1. The fourth-order valence-corrected chi connectivity index (χ4v) is 3.68. The molecule has 1 aromatic carbocycles. The molecule has 0 amide bonds. The van der Waals surface area contributed by atoms with Crippen molar-refractivity contribution in [3.63, 3.8) is 0 Å². The second kappa shape index (κ2) is 7.59. The molecule has 1 aliphatic heterocycles. The van der Waals surface area contributed by atoms with Gasteiger partial charge in [0.1, 0.15) is 5.75 Å². The molecular formula is C22H28N2O3. The van der Waals surface area contributed by atoms with Crippen LogP contribution >= 0.6 is 0 Å². The Kier molecular flexibility index (Phi) is 5.40. The molecule has 144 valence electrons. The van der Waals surface area contributed by atoms with Gasteiger partial charge in [0.15, 0.2) is 0 Å². The Morgan fingerprint density at radius 2 is 1.85 bits per heavy atom.